The fourth-order valence-electron chi connectivity index (χ4n) is 2.09. The summed E-state index contributed by atoms with van der Waals surface area (Å²) < 4.78 is 0. The van der Waals surface area contributed by atoms with Crippen LogP contribution in [-0.4, -0.2) is 41.6 Å². The smallest absolute Gasteiger partial charge is 0.0546 e. The SMILES string of the molecule is CCC(CBr)CN(C)CC1CC(O)C1. The van der Waals surface area contributed by atoms with Crippen molar-refractivity contribution in [2.24, 2.45) is 11.8 Å². The molecule has 1 unspecified atom stereocenters. The summed E-state index contributed by atoms with van der Waals surface area (Å²) in [6.45, 7) is 4.57. The van der Waals surface area contributed by atoms with Gasteiger partial charge in [-0.25, -0.2) is 0 Å². The highest BCUT2D eigenvalue weighted by Crippen LogP contribution is 2.27. The summed E-state index contributed by atoms with van der Waals surface area (Å²) in [4.78, 5) is 2.41. The van der Waals surface area contributed by atoms with Gasteiger partial charge in [-0.2, -0.15) is 0 Å². The standard InChI is InChI=1S/C11H22BrNO/c1-3-9(6-12)7-13(2)8-10-4-11(14)5-10/h9-11,14H,3-8H2,1-2H3. The van der Waals surface area contributed by atoms with Gasteiger partial charge in [-0.05, 0) is 31.7 Å². The molecule has 0 saturated heterocycles. The van der Waals surface area contributed by atoms with E-state index in [0.29, 0.717) is 0 Å². The Labute approximate surface area is 95.8 Å². The fraction of sp³-hybridized carbons (Fsp3) is 1.00. The summed E-state index contributed by atoms with van der Waals surface area (Å²) in [7, 11) is 2.19. The van der Waals surface area contributed by atoms with Crippen LogP contribution in [0.2, 0.25) is 0 Å². The van der Waals surface area contributed by atoms with Crippen molar-refractivity contribution in [3.63, 3.8) is 0 Å². The molecule has 1 aliphatic carbocycles. The molecular formula is C11H22BrNO. The van der Waals surface area contributed by atoms with Gasteiger partial charge in [-0.15, -0.1) is 0 Å². The van der Waals surface area contributed by atoms with Gasteiger partial charge < -0.3 is 10.0 Å². The minimum Gasteiger partial charge on any atom is -0.393 e. The molecule has 0 heterocycles. The maximum absolute atomic E-state index is 9.18. The summed E-state index contributed by atoms with van der Waals surface area (Å²) in [6.07, 6.45) is 3.25. The molecule has 1 N–H and O–H groups in total. The van der Waals surface area contributed by atoms with Crippen molar-refractivity contribution < 1.29 is 5.11 Å². The average Bonchev–Trinajstić information content (AvgIpc) is 2.11. The number of rotatable bonds is 6. The Morgan fingerprint density at radius 2 is 2.14 bits per heavy atom. The van der Waals surface area contributed by atoms with E-state index in [1.165, 1.54) is 13.0 Å². The Balaban J connectivity index is 2.11. The lowest BCUT2D eigenvalue weighted by Gasteiger charge is -2.35. The first-order chi connectivity index (χ1) is 6.65. The van der Waals surface area contributed by atoms with E-state index in [4.69, 9.17) is 0 Å². The van der Waals surface area contributed by atoms with Crippen LogP contribution >= 0.6 is 15.9 Å². The van der Waals surface area contributed by atoms with E-state index >= 15 is 0 Å². The van der Waals surface area contributed by atoms with E-state index in [0.717, 1.165) is 36.6 Å². The molecule has 1 aliphatic rings. The van der Waals surface area contributed by atoms with Crippen LogP contribution < -0.4 is 0 Å². The molecule has 0 aromatic carbocycles. The average molecular weight is 264 g/mol. The summed E-state index contributed by atoms with van der Waals surface area (Å²) in [5, 5.41) is 10.3. The van der Waals surface area contributed by atoms with Gasteiger partial charge >= 0.3 is 0 Å². The van der Waals surface area contributed by atoms with Crippen molar-refractivity contribution in [3.8, 4) is 0 Å². The number of hydrogen-bond acceptors (Lipinski definition) is 2. The highest BCUT2D eigenvalue weighted by Gasteiger charge is 2.28. The van der Waals surface area contributed by atoms with Gasteiger partial charge in [0.1, 0.15) is 0 Å². The number of alkyl halides is 1. The Hall–Kier alpha value is 0.400. The summed E-state index contributed by atoms with van der Waals surface area (Å²) in [5.41, 5.74) is 0. The summed E-state index contributed by atoms with van der Waals surface area (Å²) >= 11 is 3.54. The zero-order valence-electron chi connectivity index (χ0n) is 9.25. The number of aliphatic hydroxyl groups excluding tert-OH is 1. The quantitative estimate of drug-likeness (QED) is 0.743. The van der Waals surface area contributed by atoms with Crippen LogP contribution in [-0.2, 0) is 0 Å². The van der Waals surface area contributed by atoms with Crippen LogP contribution in [0.1, 0.15) is 26.2 Å². The van der Waals surface area contributed by atoms with Crippen molar-refractivity contribution in [3.05, 3.63) is 0 Å². The number of halogens is 1. The molecule has 1 saturated carbocycles. The second-order valence-electron chi connectivity index (χ2n) is 4.64. The lowest BCUT2D eigenvalue weighted by Crippen LogP contribution is -2.38. The molecule has 2 nitrogen and oxygen atoms in total. The zero-order chi connectivity index (χ0) is 10.6. The summed E-state index contributed by atoms with van der Waals surface area (Å²) in [5.74, 6) is 1.51. The second kappa shape index (κ2) is 6.09. The third kappa shape index (κ3) is 3.87. The predicted octanol–water partition coefficient (Wildman–Crippen LogP) is 2.11. The fourth-order valence-corrected chi connectivity index (χ4v) is 2.76. The van der Waals surface area contributed by atoms with Gasteiger partial charge in [0.25, 0.3) is 0 Å². The van der Waals surface area contributed by atoms with Crippen LogP contribution in [0.3, 0.4) is 0 Å². The molecule has 0 aromatic rings. The molecule has 1 atom stereocenters. The Morgan fingerprint density at radius 3 is 2.57 bits per heavy atom. The molecule has 0 aromatic heterocycles. The maximum atomic E-state index is 9.18. The van der Waals surface area contributed by atoms with Gasteiger partial charge in [0, 0.05) is 18.4 Å². The minimum atomic E-state index is -0.00783. The lowest BCUT2D eigenvalue weighted by molar-refractivity contribution is 0.0268. The molecule has 0 bridgehead atoms. The van der Waals surface area contributed by atoms with E-state index < -0.39 is 0 Å². The molecule has 0 aliphatic heterocycles. The minimum absolute atomic E-state index is 0.00783. The molecular weight excluding hydrogens is 242 g/mol. The Kier molecular flexibility index (Phi) is 5.42. The monoisotopic (exact) mass is 263 g/mol. The molecule has 84 valence electrons. The first-order valence-corrected chi connectivity index (χ1v) is 6.70. The highest BCUT2D eigenvalue weighted by molar-refractivity contribution is 9.09. The molecule has 0 amide bonds. The van der Waals surface area contributed by atoms with Crippen LogP contribution in [0.4, 0.5) is 0 Å². The van der Waals surface area contributed by atoms with Crippen molar-refractivity contribution >= 4 is 15.9 Å². The maximum Gasteiger partial charge on any atom is 0.0546 e. The number of nitrogens with zero attached hydrogens (tertiary/aromatic N) is 1. The second-order valence-corrected chi connectivity index (χ2v) is 5.29. The molecule has 1 rings (SSSR count). The zero-order valence-corrected chi connectivity index (χ0v) is 10.8. The molecule has 0 radical (unpaired) electrons. The number of hydrogen-bond donors (Lipinski definition) is 1. The van der Waals surface area contributed by atoms with Crippen LogP contribution in [0, 0.1) is 11.8 Å². The van der Waals surface area contributed by atoms with Crippen molar-refractivity contribution in [2.45, 2.75) is 32.3 Å². The van der Waals surface area contributed by atoms with E-state index in [-0.39, 0.29) is 6.10 Å². The highest BCUT2D eigenvalue weighted by atomic mass is 79.9. The van der Waals surface area contributed by atoms with Gasteiger partial charge in [0.15, 0.2) is 0 Å². The molecule has 3 heteroatoms. The lowest BCUT2D eigenvalue weighted by atomic mass is 9.82. The topological polar surface area (TPSA) is 23.5 Å². The number of aliphatic hydroxyl groups is 1. The predicted molar refractivity (Wildman–Crippen MR) is 63.8 cm³/mol. The van der Waals surface area contributed by atoms with Crippen LogP contribution in [0.5, 0.6) is 0 Å². The third-order valence-electron chi connectivity index (χ3n) is 3.15. The first-order valence-electron chi connectivity index (χ1n) is 5.58. The van der Waals surface area contributed by atoms with Gasteiger partial charge in [-0.3, -0.25) is 0 Å². The van der Waals surface area contributed by atoms with E-state index in [9.17, 15) is 5.11 Å². The first kappa shape index (κ1) is 12.5. The third-order valence-corrected chi connectivity index (χ3v) is 4.06. The molecule has 1 fully saturated rings. The van der Waals surface area contributed by atoms with Crippen LogP contribution in [0.15, 0.2) is 0 Å². The molecule has 14 heavy (non-hydrogen) atoms. The van der Waals surface area contributed by atoms with E-state index in [1.54, 1.807) is 0 Å². The van der Waals surface area contributed by atoms with E-state index in [1.807, 2.05) is 0 Å². The van der Waals surface area contributed by atoms with Crippen molar-refractivity contribution in [1.82, 2.24) is 4.90 Å². The Bertz CT molecular complexity index is 155. The molecule has 0 spiro atoms. The van der Waals surface area contributed by atoms with Crippen molar-refractivity contribution in [2.75, 3.05) is 25.5 Å². The van der Waals surface area contributed by atoms with E-state index in [2.05, 4.69) is 34.8 Å². The van der Waals surface area contributed by atoms with Gasteiger partial charge in [0.05, 0.1) is 6.10 Å². The largest absolute Gasteiger partial charge is 0.393 e. The van der Waals surface area contributed by atoms with Crippen molar-refractivity contribution in [1.29, 1.82) is 0 Å². The van der Waals surface area contributed by atoms with Gasteiger partial charge in [-0.1, -0.05) is 29.3 Å². The normalized spacial score (nSPS) is 28.9. The van der Waals surface area contributed by atoms with Crippen LogP contribution in [0.25, 0.3) is 0 Å². The summed E-state index contributed by atoms with van der Waals surface area (Å²) in [6, 6.07) is 0. The Morgan fingerprint density at radius 1 is 1.50 bits per heavy atom. The van der Waals surface area contributed by atoms with Gasteiger partial charge in [0.2, 0.25) is 0 Å².